The van der Waals surface area contributed by atoms with Crippen molar-refractivity contribution in [2.75, 3.05) is 10.2 Å². The number of carbonyl (C=O) groups excluding carboxylic acids is 1. The van der Waals surface area contributed by atoms with Crippen LogP contribution < -0.4 is 10.2 Å². The number of amides is 1. The number of fused-ring (bicyclic) bond motifs is 1. The van der Waals surface area contributed by atoms with E-state index >= 15 is 0 Å². The van der Waals surface area contributed by atoms with Gasteiger partial charge in [-0.25, -0.2) is 9.97 Å². The molecule has 1 amide bonds. The first-order chi connectivity index (χ1) is 14.7. The molecule has 1 aliphatic rings. The van der Waals surface area contributed by atoms with E-state index in [1.165, 1.54) is 0 Å². The maximum absolute atomic E-state index is 12.7. The van der Waals surface area contributed by atoms with Gasteiger partial charge in [-0.15, -0.1) is 0 Å². The fourth-order valence-corrected chi connectivity index (χ4v) is 3.70. The lowest BCUT2D eigenvalue weighted by atomic mass is 10.1. The van der Waals surface area contributed by atoms with Crippen molar-refractivity contribution in [2.45, 2.75) is 19.4 Å². The lowest BCUT2D eigenvalue weighted by Gasteiger charge is -2.35. The van der Waals surface area contributed by atoms with Gasteiger partial charge in [0.2, 0.25) is 11.9 Å². The minimum absolute atomic E-state index is 0.0854. The van der Waals surface area contributed by atoms with Gasteiger partial charge in [-0.1, -0.05) is 37.3 Å². The van der Waals surface area contributed by atoms with Gasteiger partial charge in [0, 0.05) is 31.2 Å². The molecule has 1 N–H and O–H groups in total. The molecular weight excluding hydrogens is 380 g/mol. The van der Waals surface area contributed by atoms with E-state index in [9.17, 15) is 4.79 Å². The average molecular weight is 400 g/mol. The van der Waals surface area contributed by atoms with Crippen LogP contribution in [-0.4, -0.2) is 41.2 Å². The van der Waals surface area contributed by atoms with Crippen LogP contribution in [0.1, 0.15) is 13.3 Å². The van der Waals surface area contributed by atoms with Crippen molar-refractivity contribution in [3.63, 3.8) is 0 Å². The maximum atomic E-state index is 12.7. The molecule has 1 aromatic carbocycles. The Hall–Kier alpha value is -4.01. The number of benzene rings is 1. The third-order valence-electron chi connectivity index (χ3n) is 5.10. The Morgan fingerprint density at radius 3 is 2.70 bits per heavy atom. The number of carbonyl (C=O) groups is 1. The summed E-state index contributed by atoms with van der Waals surface area (Å²) in [4.78, 5) is 28.4. The topological polar surface area (TPSA) is 93.8 Å². The monoisotopic (exact) mass is 400 g/mol. The summed E-state index contributed by atoms with van der Waals surface area (Å²) in [6, 6.07) is 9.49. The Bertz CT molecular complexity index is 1210. The molecule has 30 heavy (non-hydrogen) atoms. The SMILES string of the molecule is CCC1C(=O)Nc2cnc(-n3ccnc3-c3ccccc3)nc2N1c1cnn(C)c1. The summed E-state index contributed by atoms with van der Waals surface area (Å²) in [7, 11) is 1.85. The Balaban J connectivity index is 1.65. The molecule has 3 aromatic heterocycles. The van der Waals surface area contributed by atoms with E-state index in [4.69, 9.17) is 4.98 Å². The van der Waals surface area contributed by atoms with E-state index in [1.54, 1.807) is 23.3 Å². The van der Waals surface area contributed by atoms with Crippen molar-refractivity contribution >= 4 is 23.1 Å². The highest BCUT2D eigenvalue weighted by Crippen LogP contribution is 2.37. The van der Waals surface area contributed by atoms with Gasteiger partial charge in [-0.05, 0) is 6.42 Å². The van der Waals surface area contributed by atoms with Crippen LogP contribution in [0, 0.1) is 0 Å². The third-order valence-corrected chi connectivity index (χ3v) is 5.10. The van der Waals surface area contributed by atoms with Gasteiger partial charge in [-0.2, -0.15) is 10.1 Å². The van der Waals surface area contributed by atoms with Gasteiger partial charge in [0.25, 0.3) is 0 Å². The lowest BCUT2D eigenvalue weighted by Crippen LogP contribution is -2.45. The number of imidazole rings is 1. The first kappa shape index (κ1) is 18.0. The van der Waals surface area contributed by atoms with Crippen LogP contribution in [0.3, 0.4) is 0 Å². The Labute approximate surface area is 173 Å². The van der Waals surface area contributed by atoms with E-state index < -0.39 is 0 Å². The van der Waals surface area contributed by atoms with E-state index in [0.717, 1.165) is 17.1 Å². The van der Waals surface area contributed by atoms with Crippen molar-refractivity contribution in [3.05, 3.63) is 61.3 Å². The molecule has 0 fully saturated rings. The molecule has 1 atom stereocenters. The molecule has 0 spiro atoms. The quantitative estimate of drug-likeness (QED) is 0.566. The summed E-state index contributed by atoms with van der Waals surface area (Å²) >= 11 is 0. The van der Waals surface area contributed by atoms with E-state index in [1.807, 2.05) is 66.2 Å². The number of hydrogen-bond acceptors (Lipinski definition) is 6. The van der Waals surface area contributed by atoms with Crippen molar-refractivity contribution < 1.29 is 4.79 Å². The highest BCUT2D eigenvalue weighted by atomic mass is 16.2. The molecule has 9 heteroatoms. The molecule has 9 nitrogen and oxygen atoms in total. The molecule has 0 radical (unpaired) electrons. The molecule has 5 rings (SSSR count). The van der Waals surface area contributed by atoms with Crippen LogP contribution in [0.4, 0.5) is 17.2 Å². The smallest absolute Gasteiger partial charge is 0.247 e. The maximum Gasteiger partial charge on any atom is 0.247 e. The van der Waals surface area contributed by atoms with Crippen LogP contribution in [0.5, 0.6) is 0 Å². The molecule has 1 aliphatic heterocycles. The van der Waals surface area contributed by atoms with Crippen LogP contribution in [0.25, 0.3) is 17.3 Å². The number of aromatic nitrogens is 6. The van der Waals surface area contributed by atoms with E-state index in [2.05, 4.69) is 20.4 Å². The normalized spacial score (nSPS) is 15.7. The largest absolute Gasteiger partial charge is 0.320 e. The van der Waals surface area contributed by atoms with Crippen molar-refractivity contribution in [1.82, 2.24) is 29.3 Å². The summed E-state index contributed by atoms with van der Waals surface area (Å²) in [6.45, 7) is 1.98. The fraction of sp³-hybridized carbons (Fsp3) is 0.190. The number of aryl methyl sites for hydroxylation is 1. The predicted molar refractivity (Wildman–Crippen MR) is 113 cm³/mol. The van der Waals surface area contributed by atoms with Crippen molar-refractivity contribution in [2.24, 2.45) is 7.05 Å². The Morgan fingerprint density at radius 2 is 1.97 bits per heavy atom. The van der Waals surface area contributed by atoms with Crippen LogP contribution in [-0.2, 0) is 11.8 Å². The van der Waals surface area contributed by atoms with Crippen LogP contribution >= 0.6 is 0 Å². The van der Waals surface area contributed by atoms with Crippen LogP contribution in [0.2, 0.25) is 0 Å². The summed E-state index contributed by atoms with van der Waals surface area (Å²) < 4.78 is 3.55. The van der Waals surface area contributed by atoms with Gasteiger partial charge in [-0.3, -0.25) is 14.0 Å². The number of nitrogens with zero attached hydrogens (tertiary/aromatic N) is 7. The van der Waals surface area contributed by atoms with Crippen molar-refractivity contribution in [3.8, 4) is 17.3 Å². The zero-order chi connectivity index (χ0) is 20.7. The second-order valence-electron chi connectivity index (χ2n) is 7.05. The molecular formula is C21H20N8O. The molecule has 0 aliphatic carbocycles. The summed E-state index contributed by atoms with van der Waals surface area (Å²) in [6.07, 6.45) is 9.43. The highest BCUT2D eigenvalue weighted by molar-refractivity contribution is 6.04. The first-order valence-corrected chi connectivity index (χ1v) is 9.70. The van der Waals surface area contributed by atoms with Gasteiger partial charge < -0.3 is 10.2 Å². The minimum atomic E-state index is -0.388. The van der Waals surface area contributed by atoms with E-state index in [0.29, 0.717) is 23.9 Å². The van der Waals surface area contributed by atoms with Crippen LogP contribution in [0.15, 0.2) is 61.3 Å². The molecule has 0 saturated heterocycles. The second-order valence-corrected chi connectivity index (χ2v) is 7.05. The Morgan fingerprint density at radius 1 is 1.13 bits per heavy atom. The minimum Gasteiger partial charge on any atom is -0.320 e. The van der Waals surface area contributed by atoms with E-state index in [-0.39, 0.29) is 11.9 Å². The van der Waals surface area contributed by atoms with Crippen molar-refractivity contribution in [1.29, 1.82) is 0 Å². The fourth-order valence-electron chi connectivity index (χ4n) is 3.70. The van der Waals surface area contributed by atoms with Gasteiger partial charge in [0.15, 0.2) is 5.82 Å². The number of nitrogens with one attached hydrogen (secondary N) is 1. The summed E-state index contributed by atoms with van der Waals surface area (Å²) in [5, 5.41) is 7.20. The third kappa shape index (κ3) is 2.91. The van der Waals surface area contributed by atoms with Gasteiger partial charge >= 0.3 is 0 Å². The highest BCUT2D eigenvalue weighted by Gasteiger charge is 2.35. The molecule has 4 aromatic rings. The standard InChI is InChI=1S/C21H20N8O/c1-3-17-20(30)25-16-12-23-21(26-19(16)29(17)15-11-24-27(2)13-15)28-10-9-22-18(28)14-7-5-4-6-8-14/h4-13,17H,3H2,1-2H3,(H,25,30). The average Bonchev–Trinajstić information content (AvgIpc) is 3.42. The molecule has 0 bridgehead atoms. The second kappa shape index (κ2) is 7.11. The zero-order valence-corrected chi connectivity index (χ0v) is 16.6. The molecule has 4 heterocycles. The summed E-state index contributed by atoms with van der Waals surface area (Å²) in [5.41, 5.74) is 2.34. The number of rotatable bonds is 4. The number of anilines is 3. The zero-order valence-electron chi connectivity index (χ0n) is 16.6. The predicted octanol–water partition coefficient (Wildman–Crippen LogP) is 2.93. The lowest BCUT2D eigenvalue weighted by molar-refractivity contribution is -0.117. The molecule has 1 unspecified atom stereocenters. The number of hydrogen-bond donors (Lipinski definition) is 1. The first-order valence-electron chi connectivity index (χ1n) is 9.70. The van der Waals surface area contributed by atoms with Gasteiger partial charge in [0.1, 0.15) is 17.6 Å². The molecule has 150 valence electrons. The Kier molecular flexibility index (Phi) is 4.27. The molecule has 0 saturated carbocycles. The van der Waals surface area contributed by atoms with Gasteiger partial charge in [0.05, 0.1) is 18.1 Å². The summed E-state index contributed by atoms with van der Waals surface area (Å²) in [5.74, 6) is 1.77.